The molecule has 2 rings (SSSR count). The maximum absolute atomic E-state index is 12.9. The lowest BCUT2D eigenvalue weighted by molar-refractivity contribution is 0.583. The van der Waals surface area contributed by atoms with E-state index < -0.39 is 11.6 Å². The van der Waals surface area contributed by atoms with Crippen LogP contribution >= 0.6 is 0 Å². The van der Waals surface area contributed by atoms with Gasteiger partial charge in [-0.1, -0.05) is 42.0 Å². The zero-order chi connectivity index (χ0) is 12.3. The standard InChI is InChI=1S/C15H12F2/c1-11-2-4-12(5-3-11)6-7-13-8-14(16)10-15(17)9-13/h2-10H,1H3. The third-order valence-electron chi connectivity index (χ3n) is 2.43. The lowest BCUT2D eigenvalue weighted by Crippen LogP contribution is -1.81. The van der Waals surface area contributed by atoms with E-state index in [-0.39, 0.29) is 0 Å². The molecule has 0 aromatic heterocycles. The highest BCUT2D eigenvalue weighted by atomic mass is 19.1. The Labute approximate surface area is 99.2 Å². The monoisotopic (exact) mass is 230 g/mol. The molecule has 0 unspecified atom stereocenters. The summed E-state index contributed by atoms with van der Waals surface area (Å²) in [6, 6.07) is 11.4. The molecule has 17 heavy (non-hydrogen) atoms. The second-order valence-corrected chi connectivity index (χ2v) is 3.95. The smallest absolute Gasteiger partial charge is 0.126 e. The van der Waals surface area contributed by atoms with Crippen LogP contribution in [-0.4, -0.2) is 0 Å². The minimum atomic E-state index is -0.562. The second kappa shape index (κ2) is 4.91. The first kappa shape index (κ1) is 11.5. The van der Waals surface area contributed by atoms with Gasteiger partial charge in [-0.2, -0.15) is 0 Å². The van der Waals surface area contributed by atoms with Crippen molar-refractivity contribution in [3.63, 3.8) is 0 Å². The molecule has 0 saturated carbocycles. The lowest BCUT2D eigenvalue weighted by atomic mass is 10.1. The fourth-order valence-electron chi connectivity index (χ4n) is 1.54. The summed E-state index contributed by atoms with van der Waals surface area (Å²) in [5.74, 6) is -1.12. The molecule has 0 atom stereocenters. The van der Waals surface area contributed by atoms with Gasteiger partial charge in [0.05, 0.1) is 0 Å². The Morgan fingerprint density at radius 1 is 0.765 bits per heavy atom. The van der Waals surface area contributed by atoms with E-state index in [1.54, 1.807) is 6.08 Å². The van der Waals surface area contributed by atoms with Crippen molar-refractivity contribution in [2.75, 3.05) is 0 Å². The van der Waals surface area contributed by atoms with Gasteiger partial charge in [-0.05, 0) is 30.2 Å². The molecule has 0 bridgehead atoms. The van der Waals surface area contributed by atoms with E-state index in [1.807, 2.05) is 37.3 Å². The lowest BCUT2D eigenvalue weighted by Gasteiger charge is -1.97. The van der Waals surface area contributed by atoms with Gasteiger partial charge in [0.1, 0.15) is 11.6 Å². The number of aryl methyl sites for hydroxylation is 1. The number of halogens is 2. The van der Waals surface area contributed by atoms with Gasteiger partial charge in [0, 0.05) is 6.07 Å². The summed E-state index contributed by atoms with van der Waals surface area (Å²) >= 11 is 0. The molecule has 2 aromatic carbocycles. The third kappa shape index (κ3) is 3.25. The van der Waals surface area contributed by atoms with Crippen LogP contribution in [0.3, 0.4) is 0 Å². The minimum absolute atomic E-state index is 0.517. The van der Waals surface area contributed by atoms with Gasteiger partial charge >= 0.3 is 0 Å². The minimum Gasteiger partial charge on any atom is -0.207 e. The average molecular weight is 230 g/mol. The summed E-state index contributed by atoms with van der Waals surface area (Å²) in [7, 11) is 0. The van der Waals surface area contributed by atoms with Crippen LogP contribution in [0.25, 0.3) is 12.2 Å². The molecule has 86 valence electrons. The van der Waals surface area contributed by atoms with E-state index in [4.69, 9.17) is 0 Å². The quantitative estimate of drug-likeness (QED) is 0.669. The number of benzene rings is 2. The Morgan fingerprint density at radius 3 is 1.88 bits per heavy atom. The molecule has 0 amide bonds. The van der Waals surface area contributed by atoms with E-state index in [9.17, 15) is 8.78 Å². The Bertz CT molecular complexity index is 519. The van der Waals surface area contributed by atoms with E-state index in [0.29, 0.717) is 5.56 Å². The Kier molecular flexibility index (Phi) is 3.33. The fraction of sp³-hybridized carbons (Fsp3) is 0.0667. The van der Waals surface area contributed by atoms with E-state index in [1.165, 1.54) is 17.7 Å². The van der Waals surface area contributed by atoms with Gasteiger partial charge in [0.25, 0.3) is 0 Å². The molecular weight excluding hydrogens is 218 g/mol. The SMILES string of the molecule is Cc1ccc(C=Cc2cc(F)cc(F)c2)cc1. The van der Waals surface area contributed by atoms with Crippen LogP contribution in [0.4, 0.5) is 8.78 Å². The van der Waals surface area contributed by atoms with Gasteiger partial charge in [-0.3, -0.25) is 0 Å². The highest BCUT2D eigenvalue weighted by Crippen LogP contribution is 2.12. The highest BCUT2D eigenvalue weighted by molar-refractivity contribution is 5.69. The molecular formula is C15H12F2. The second-order valence-electron chi connectivity index (χ2n) is 3.95. The first-order valence-electron chi connectivity index (χ1n) is 5.34. The van der Waals surface area contributed by atoms with Crippen molar-refractivity contribution in [2.24, 2.45) is 0 Å². The van der Waals surface area contributed by atoms with E-state index in [0.717, 1.165) is 11.6 Å². The molecule has 0 N–H and O–H groups in total. The van der Waals surface area contributed by atoms with Crippen LogP contribution in [0.5, 0.6) is 0 Å². The molecule has 2 heteroatoms. The zero-order valence-electron chi connectivity index (χ0n) is 9.45. The first-order chi connectivity index (χ1) is 8.13. The molecule has 2 aromatic rings. The number of rotatable bonds is 2. The van der Waals surface area contributed by atoms with Crippen LogP contribution < -0.4 is 0 Å². The summed E-state index contributed by atoms with van der Waals surface area (Å²) in [5.41, 5.74) is 2.70. The van der Waals surface area contributed by atoms with Crippen LogP contribution in [0.15, 0.2) is 42.5 Å². The van der Waals surface area contributed by atoms with Crippen molar-refractivity contribution in [2.45, 2.75) is 6.92 Å². The zero-order valence-corrected chi connectivity index (χ0v) is 9.45. The Balaban J connectivity index is 2.22. The predicted molar refractivity (Wildman–Crippen MR) is 66.5 cm³/mol. The highest BCUT2D eigenvalue weighted by Gasteiger charge is 1.97. The van der Waals surface area contributed by atoms with Crippen molar-refractivity contribution in [3.05, 3.63) is 70.8 Å². The van der Waals surface area contributed by atoms with Crippen molar-refractivity contribution >= 4 is 12.2 Å². The maximum atomic E-state index is 12.9. The summed E-state index contributed by atoms with van der Waals surface area (Å²) in [5, 5.41) is 0. The van der Waals surface area contributed by atoms with Crippen molar-refractivity contribution in [3.8, 4) is 0 Å². The summed E-state index contributed by atoms with van der Waals surface area (Å²) in [6.45, 7) is 2.01. The summed E-state index contributed by atoms with van der Waals surface area (Å²) in [6.07, 6.45) is 3.52. The average Bonchev–Trinajstić information content (AvgIpc) is 2.27. The van der Waals surface area contributed by atoms with E-state index in [2.05, 4.69) is 0 Å². The van der Waals surface area contributed by atoms with Gasteiger partial charge in [0.2, 0.25) is 0 Å². The molecule has 0 fully saturated rings. The van der Waals surface area contributed by atoms with Crippen molar-refractivity contribution in [1.82, 2.24) is 0 Å². The number of hydrogen-bond donors (Lipinski definition) is 0. The van der Waals surface area contributed by atoms with E-state index >= 15 is 0 Å². The Hall–Kier alpha value is -1.96. The molecule has 0 spiro atoms. The van der Waals surface area contributed by atoms with Crippen LogP contribution in [0.2, 0.25) is 0 Å². The maximum Gasteiger partial charge on any atom is 0.126 e. The molecule has 0 aliphatic heterocycles. The molecule has 0 radical (unpaired) electrons. The fourth-order valence-corrected chi connectivity index (χ4v) is 1.54. The van der Waals surface area contributed by atoms with Gasteiger partial charge < -0.3 is 0 Å². The largest absolute Gasteiger partial charge is 0.207 e. The third-order valence-corrected chi connectivity index (χ3v) is 2.43. The van der Waals surface area contributed by atoms with Gasteiger partial charge in [0.15, 0.2) is 0 Å². The predicted octanol–water partition coefficient (Wildman–Crippen LogP) is 4.44. The van der Waals surface area contributed by atoms with Gasteiger partial charge in [-0.25, -0.2) is 8.78 Å². The molecule has 0 aliphatic carbocycles. The van der Waals surface area contributed by atoms with Crippen molar-refractivity contribution < 1.29 is 8.78 Å². The van der Waals surface area contributed by atoms with Crippen LogP contribution in [0, 0.1) is 18.6 Å². The molecule has 0 aliphatic rings. The molecule has 0 nitrogen and oxygen atoms in total. The summed E-state index contributed by atoms with van der Waals surface area (Å²) in [4.78, 5) is 0. The van der Waals surface area contributed by atoms with Crippen molar-refractivity contribution in [1.29, 1.82) is 0 Å². The van der Waals surface area contributed by atoms with Crippen LogP contribution in [0.1, 0.15) is 16.7 Å². The number of hydrogen-bond acceptors (Lipinski definition) is 0. The Morgan fingerprint density at radius 2 is 1.29 bits per heavy atom. The molecule has 0 heterocycles. The first-order valence-corrected chi connectivity index (χ1v) is 5.34. The normalized spacial score (nSPS) is 11.0. The summed E-state index contributed by atoms with van der Waals surface area (Å²) < 4.78 is 25.9. The van der Waals surface area contributed by atoms with Gasteiger partial charge in [-0.15, -0.1) is 0 Å². The van der Waals surface area contributed by atoms with Crippen LogP contribution in [-0.2, 0) is 0 Å². The molecule has 0 saturated heterocycles. The topological polar surface area (TPSA) is 0 Å².